The number of hydrogen-bond donors (Lipinski definition) is 1. The summed E-state index contributed by atoms with van der Waals surface area (Å²) in [5.74, 6) is 0. The third kappa shape index (κ3) is 2.05. The highest BCUT2D eigenvalue weighted by molar-refractivity contribution is 6.39. The SMILES string of the molecule is CC(O)c1c(Cl)cc(Cl)cc1Cl. The Kier molecular flexibility index (Phi) is 3.24. The molecule has 0 saturated carbocycles. The number of aliphatic hydroxyl groups is 1. The summed E-state index contributed by atoms with van der Waals surface area (Å²) in [5, 5.41) is 10.5. The van der Waals surface area contributed by atoms with Gasteiger partial charge >= 0.3 is 0 Å². The van der Waals surface area contributed by atoms with Crippen LogP contribution in [0.1, 0.15) is 18.6 Å². The van der Waals surface area contributed by atoms with Crippen LogP contribution in [0.2, 0.25) is 15.1 Å². The predicted molar refractivity (Wildman–Crippen MR) is 52.1 cm³/mol. The molecule has 1 aromatic rings. The fourth-order valence-electron chi connectivity index (χ4n) is 0.952. The first kappa shape index (κ1) is 10.1. The lowest BCUT2D eigenvalue weighted by Crippen LogP contribution is -1.93. The van der Waals surface area contributed by atoms with Gasteiger partial charge in [-0.05, 0) is 19.1 Å². The van der Waals surface area contributed by atoms with Crippen LogP contribution in [0.25, 0.3) is 0 Å². The number of rotatable bonds is 1. The normalized spacial score (nSPS) is 13.1. The second-order valence-electron chi connectivity index (χ2n) is 2.46. The van der Waals surface area contributed by atoms with Crippen LogP contribution in [0.5, 0.6) is 0 Å². The lowest BCUT2D eigenvalue weighted by Gasteiger charge is -2.09. The standard InChI is InChI=1S/C8H7Cl3O/c1-4(12)8-6(10)2-5(9)3-7(8)11/h2-4,12H,1H3. The molecule has 1 aromatic carbocycles. The summed E-state index contributed by atoms with van der Waals surface area (Å²) in [4.78, 5) is 0. The minimum atomic E-state index is -0.678. The Morgan fingerprint density at radius 3 is 1.92 bits per heavy atom. The minimum Gasteiger partial charge on any atom is -0.389 e. The monoisotopic (exact) mass is 224 g/mol. The van der Waals surface area contributed by atoms with Gasteiger partial charge in [0.2, 0.25) is 0 Å². The van der Waals surface area contributed by atoms with E-state index in [9.17, 15) is 5.11 Å². The molecule has 4 heteroatoms. The van der Waals surface area contributed by atoms with E-state index in [0.717, 1.165) is 0 Å². The molecule has 0 saturated heterocycles. The van der Waals surface area contributed by atoms with E-state index in [1.54, 1.807) is 19.1 Å². The van der Waals surface area contributed by atoms with Gasteiger partial charge in [0, 0.05) is 20.6 Å². The maximum Gasteiger partial charge on any atom is 0.0791 e. The fraction of sp³-hybridized carbons (Fsp3) is 0.250. The topological polar surface area (TPSA) is 20.2 Å². The molecule has 0 aliphatic heterocycles. The molecule has 1 rings (SSSR count). The van der Waals surface area contributed by atoms with Gasteiger partial charge in [-0.2, -0.15) is 0 Å². The Bertz CT molecular complexity index is 273. The molecular formula is C8H7Cl3O. The molecule has 0 aliphatic carbocycles. The molecule has 12 heavy (non-hydrogen) atoms. The Hall–Kier alpha value is 0.0500. The lowest BCUT2D eigenvalue weighted by molar-refractivity contribution is 0.199. The summed E-state index contributed by atoms with van der Waals surface area (Å²) < 4.78 is 0. The molecule has 0 radical (unpaired) electrons. The first-order valence-electron chi connectivity index (χ1n) is 3.35. The van der Waals surface area contributed by atoms with Gasteiger partial charge in [0.1, 0.15) is 0 Å². The summed E-state index contributed by atoms with van der Waals surface area (Å²) in [6.07, 6.45) is -0.678. The van der Waals surface area contributed by atoms with E-state index in [-0.39, 0.29) is 0 Å². The maximum atomic E-state index is 9.26. The third-order valence-electron chi connectivity index (χ3n) is 1.46. The Balaban J connectivity index is 3.28. The van der Waals surface area contributed by atoms with Crippen LogP contribution in [-0.4, -0.2) is 5.11 Å². The van der Waals surface area contributed by atoms with Crippen molar-refractivity contribution in [2.75, 3.05) is 0 Å². The molecule has 1 atom stereocenters. The number of halogens is 3. The first-order chi connectivity index (χ1) is 5.52. The summed E-state index contributed by atoms with van der Waals surface area (Å²) in [6, 6.07) is 3.11. The molecule has 0 aromatic heterocycles. The molecule has 1 nitrogen and oxygen atoms in total. The van der Waals surface area contributed by atoms with Gasteiger partial charge in [0.05, 0.1) is 6.10 Å². The Morgan fingerprint density at radius 2 is 1.58 bits per heavy atom. The van der Waals surface area contributed by atoms with Crippen molar-refractivity contribution in [1.29, 1.82) is 0 Å². The van der Waals surface area contributed by atoms with Gasteiger partial charge in [0.25, 0.3) is 0 Å². The van der Waals surface area contributed by atoms with Gasteiger partial charge in [-0.15, -0.1) is 0 Å². The number of hydrogen-bond acceptors (Lipinski definition) is 1. The second kappa shape index (κ2) is 3.84. The average Bonchev–Trinajstić information content (AvgIpc) is 1.82. The van der Waals surface area contributed by atoms with Crippen molar-refractivity contribution in [3.63, 3.8) is 0 Å². The highest BCUT2D eigenvalue weighted by atomic mass is 35.5. The summed E-state index contributed by atoms with van der Waals surface area (Å²) in [7, 11) is 0. The number of benzene rings is 1. The fourth-order valence-corrected chi connectivity index (χ4v) is 2.09. The van der Waals surface area contributed by atoms with Crippen molar-refractivity contribution in [2.24, 2.45) is 0 Å². The zero-order valence-electron chi connectivity index (χ0n) is 6.31. The Labute approximate surface area is 85.9 Å². The summed E-state index contributed by atoms with van der Waals surface area (Å²) in [5.41, 5.74) is 0.516. The number of aliphatic hydroxyl groups excluding tert-OH is 1. The molecule has 0 heterocycles. The van der Waals surface area contributed by atoms with E-state index < -0.39 is 6.10 Å². The van der Waals surface area contributed by atoms with Crippen molar-refractivity contribution < 1.29 is 5.11 Å². The molecule has 1 N–H and O–H groups in total. The quantitative estimate of drug-likeness (QED) is 0.773. The largest absolute Gasteiger partial charge is 0.389 e. The van der Waals surface area contributed by atoms with Crippen LogP contribution in [0.15, 0.2) is 12.1 Å². The molecule has 0 fully saturated rings. The zero-order chi connectivity index (χ0) is 9.30. The average molecular weight is 226 g/mol. The summed E-state index contributed by atoms with van der Waals surface area (Å²) in [6.45, 7) is 1.60. The van der Waals surface area contributed by atoms with Crippen LogP contribution < -0.4 is 0 Å². The van der Waals surface area contributed by atoms with E-state index in [2.05, 4.69) is 0 Å². The van der Waals surface area contributed by atoms with E-state index in [0.29, 0.717) is 20.6 Å². The predicted octanol–water partition coefficient (Wildman–Crippen LogP) is 3.70. The molecule has 0 bridgehead atoms. The van der Waals surface area contributed by atoms with Crippen LogP contribution in [0.4, 0.5) is 0 Å². The van der Waals surface area contributed by atoms with Gasteiger partial charge < -0.3 is 5.11 Å². The summed E-state index contributed by atoms with van der Waals surface area (Å²) >= 11 is 17.3. The highest BCUT2D eigenvalue weighted by Crippen LogP contribution is 2.33. The molecule has 0 amide bonds. The van der Waals surface area contributed by atoms with Crippen molar-refractivity contribution in [1.82, 2.24) is 0 Å². The molecule has 1 unspecified atom stereocenters. The maximum absolute atomic E-state index is 9.26. The van der Waals surface area contributed by atoms with Crippen LogP contribution in [0.3, 0.4) is 0 Å². The molecule has 0 aliphatic rings. The van der Waals surface area contributed by atoms with E-state index in [4.69, 9.17) is 34.8 Å². The van der Waals surface area contributed by atoms with Gasteiger partial charge in [-0.3, -0.25) is 0 Å². The van der Waals surface area contributed by atoms with Crippen molar-refractivity contribution in [3.8, 4) is 0 Å². The van der Waals surface area contributed by atoms with Crippen LogP contribution in [0, 0.1) is 0 Å². The second-order valence-corrected chi connectivity index (χ2v) is 3.71. The van der Waals surface area contributed by atoms with Crippen LogP contribution >= 0.6 is 34.8 Å². The van der Waals surface area contributed by atoms with E-state index in [1.165, 1.54) is 0 Å². The van der Waals surface area contributed by atoms with E-state index >= 15 is 0 Å². The van der Waals surface area contributed by atoms with Gasteiger partial charge in [0.15, 0.2) is 0 Å². The highest BCUT2D eigenvalue weighted by Gasteiger charge is 2.11. The third-order valence-corrected chi connectivity index (χ3v) is 2.31. The van der Waals surface area contributed by atoms with Gasteiger partial charge in [-0.25, -0.2) is 0 Å². The zero-order valence-corrected chi connectivity index (χ0v) is 8.58. The smallest absolute Gasteiger partial charge is 0.0791 e. The van der Waals surface area contributed by atoms with Crippen molar-refractivity contribution in [3.05, 3.63) is 32.8 Å². The first-order valence-corrected chi connectivity index (χ1v) is 4.48. The van der Waals surface area contributed by atoms with Crippen LogP contribution in [-0.2, 0) is 0 Å². The van der Waals surface area contributed by atoms with Crippen molar-refractivity contribution >= 4 is 34.8 Å². The van der Waals surface area contributed by atoms with Crippen molar-refractivity contribution in [2.45, 2.75) is 13.0 Å². The van der Waals surface area contributed by atoms with Gasteiger partial charge in [-0.1, -0.05) is 34.8 Å². The minimum absolute atomic E-state index is 0.391. The lowest BCUT2D eigenvalue weighted by atomic mass is 10.1. The molecule has 66 valence electrons. The van der Waals surface area contributed by atoms with E-state index in [1.807, 2.05) is 0 Å². The molecular weight excluding hydrogens is 218 g/mol. The molecule has 0 spiro atoms. The Morgan fingerprint density at radius 1 is 1.17 bits per heavy atom.